The molecule has 2 atom stereocenters. The molecule has 2 N–H and O–H groups in total. The van der Waals surface area contributed by atoms with Crippen LogP contribution in [-0.2, 0) is 10.3 Å². The molecule has 8 heteroatoms. The average Bonchev–Trinajstić information content (AvgIpc) is 2.65. The monoisotopic (exact) mass is 446 g/mol. The van der Waals surface area contributed by atoms with E-state index in [0.29, 0.717) is 22.5 Å². The summed E-state index contributed by atoms with van der Waals surface area (Å²) >= 11 is 12.4. The van der Waals surface area contributed by atoms with Crippen molar-refractivity contribution in [3.05, 3.63) is 50.9 Å². The van der Waals surface area contributed by atoms with Gasteiger partial charge >= 0.3 is 0 Å². The Bertz CT molecular complexity index is 1050. The molecule has 1 aromatic carbocycles. The molecule has 4 saturated carbocycles. The smallest absolute Gasteiger partial charge is 0.288 e. The highest BCUT2D eigenvalue weighted by molar-refractivity contribution is 6.33. The van der Waals surface area contributed by atoms with Gasteiger partial charge in [0.05, 0.1) is 17.4 Å². The molecule has 0 spiro atoms. The minimum Gasteiger partial charge on any atom is -0.353 e. The Balaban J connectivity index is 1.50. The van der Waals surface area contributed by atoms with Gasteiger partial charge in [0.25, 0.3) is 5.56 Å². The zero-order chi connectivity index (χ0) is 21.1. The van der Waals surface area contributed by atoms with Crippen LogP contribution < -0.4 is 16.2 Å². The van der Waals surface area contributed by atoms with Crippen LogP contribution in [0.15, 0.2) is 35.3 Å². The molecule has 6 rings (SSSR count). The van der Waals surface area contributed by atoms with Crippen LogP contribution in [0.5, 0.6) is 0 Å². The van der Waals surface area contributed by atoms with Crippen LogP contribution in [0.1, 0.15) is 45.4 Å². The number of nitrogens with one attached hydrogen (secondary N) is 2. The van der Waals surface area contributed by atoms with E-state index in [1.807, 2.05) is 12.1 Å². The second-order valence-electron chi connectivity index (χ2n) is 9.37. The van der Waals surface area contributed by atoms with Crippen LogP contribution in [0, 0.1) is 11.8 Å². The number of anilines is 2. The van der Waals surface area contributed by atoms with E-state index in [0.717, 1.165) is 37.8 Å². The molecule has 4 aliphatic rings. The SMILES string of the molecule is CC(=O)NC12CC3CC(C1)CC(n1ncc(Nc4ccc(Cl)cc4)c(Cl)c1=O)(C3)C2. The van der Waals surface area contributed by atoms with Crippen molar-refractivity contribution in [2.24, 2.45) is 11.8 Å². The van der Waals surface area contributed by atoms with Crippen molar-refractivity contribution in [3.63, 3.8) is 0 Å². The molecular formula is C22H24Cl2N4O2. The van der Waals surface area contributed by atoms with Gasteiger partial charge in [-0.05, 0) is 74.6 Å². The molecule has 0 aliphatic heterocycles. The number of aromatic nitrogens is 2. The lowest BCUT2D eigenvalue weighted by molar-refractivity contribution is -0.128. The highest BCUT2D eigenvalue weighted by Crippen LogP contribution is 2.60. The zero-order valence-electron chi connectivity index (χ0n) is 16.8. The lowest BCUT2D eigenvalue weighted by Gasteiger charge is -2.61. The summed E-state index contributed by atoms with van der Waals surface area (Å²) in [6.07, 6.45) is 7.34. The maximum Gasteiger partial charge on any atom is 0.288 e. The molecule has 1 heterocycles. The molecule has 2 aromatic rings. The maximum absolute atomic E-state index is 13.3. The predicted octanol–water partition coefficient (Wildman–Crippen LogP) is 4.48. The van der Waals surface area contributed by atoms with Gasteiger partial charge < -0.3 is 10.6 Å². The van der Waals surface area contributed by atoms with Crippen molar-refractivity contribution in [1.82, 2.24) is 15.1 Å². The molecular weight excluding hydrogens is 423 g/mol. The standard InChI is InChI=1S/C22H24Cl2N4O2/c1-13(29)27-21-7-14-6-15(8-21)10-22(9-14,12-21)28-20(30)19(24)18(11-25-28)26-17-4-2-16(23)3-5-17/h2-5,11,14-15,26H,6-10,12H2,1H3,(H,27,29). The molecule has 6 nitrogen and oxygen atoms in total. The number of carbonyl (C=O) groups excluding carboxylic acids is 1. The molecule has 0 radical (unpaired) electrons. The molecule has 158 valence electrons. The number of nitrogens with zero attached hydrogens (tertiary/aromatic N) is 2. The third-order valence-electron chi connectivity index (χ3n) is 6.96. The number of amides is 1. The van der Waals surface area contributed by atoms with E-state index in [9.17, 15) is 9.59 Å². The van der Waals surface area contributed by atoms with Crippen LogP contribution in [0.2, 0.25) is 10.0 Å². The fraction of sp³-hybridized carbons (Fsp3) is 0.500. The number of rotatable bonds is 4. The van der Waals surface area contributed by atoms with Gasteiger partial charge in [-0.25, -0.2) is 4.68 Å². The Morgan fingerprint density at radius 3 is 2.43 bits per heavy atom. The van der Waals surface area contributed by atoms with E-state index >= 15 is 0 Å². The van der Waals surface area contributed by atoms with E-state index in [1.54, 1.807) is 29.9 Å². The Morgan fingerprint density at radius 1 is 1.13 bits per heavy atom. The zero-order valence-corrected chi connectivity index (χ0v) is 18.3. The quantitative estimate of drug-likeness (QED) is 0.725. The lowest BCUT2D eigenvalue weighted by atomic mass is 9.50. The minimum atomic E-state index is -0.383. The van der Waals surface area contributed by atoms with Crippen LogP contribution in [0.25, 0.3) is 0 Å². The number of hydrogen-bond acceptors (Lipinski definition) is 4. The van der Waals surface area contributed by atoms with E-state index in [4.69, 9.17) is 23.2 Å². The van der Waals surface area contributed by atoms with E-state index < -0.39 is 0 Å². The summed E-state index contributed by atoms with van der Waals surface area (Å²) in [5.41, 5.74) is 0.354. The Kier molecular flexibility index (Phi) is 4.63. The third-order valence-corrected chi connectivity index (χ3v) is 7.58. The van der Waals surface area contributed by atoms with Gasteiger partial charge in [0, 0.05) is 23.2 Å². The molecule has 4 fully saturated rings. The fourth-order valence-corrected chi connectivity index (χ4v) is 6.83. The summed E-state index contributed by atoms with van der Waals surface area (Å²) in [6, 6.07) is 7.17. The summed E-state index contributed by atoms with van der Waals surface area (Å²) in [6.45, 7) is 1.57. The van der Waals surface area contributed by atoms with Crippen LogP contribution in [0.3, 0.4) is 0 Å². The van der Waals surface area contributed by atoms with Crippen LogP contribution >= 0.6 is 23.2 Å². The molecule has 0 saturated heterocycles. The fourth-order valence-electron chi connectivity index (χ4n) is 6.53. The van der Waals surface area contributed by atoms with Crippen molar-refractivity contribution in [3.8, 4) is 0 Å². The first-order valence-electron chi connectivity index (χ1n) is 10.4. The van der Waals surface area contributed by atoms with Crippen molar-refractivity contribution in [2.45, 2.75) is 56.5 Å². The maximum atomic E-state index is 13.3. The first-order valence-corrected chi connectivity index (χ1v) is 11.1. The Hall–Kier alpha value is -2.05. The summed E-state index contributed by atoms with van der Waals surface area (Å²) in [5.74, 6) is 0.989. The molecule has 30 heavy (non-hydrogen) atoms. The van der Waals surface area contributed by atoms with E-state index in [2.05, 4.69) is 15.7 Å². The summed E-state index contributed by atoms with van der Waals surface area (Å²) < 4.78 is 1.61. The van der Waals surface area contributed by atoms with Gasteiger partial charge in [-0.15, -0.1) is 0 Å². The van der Waals surface area contributed by atoms with Gasteiger partial charge in [0.2, 0.25) is 5.91 Å². The summed E-state index contributed by atoms with van der Waals surface area (Å²) in [5, 5.41) is 11.7. The van der Waals surface area contributed by atoms with Gasteiger partial charge in [-0.1, -0.05) is 23.2 Å². The van der Waals surface area contributed by atoms with Gasteiger partial charge in [-0.3, -0.25) is 9.59 Å². The van der Waals surface area contributed by atoms with Gasteiger partial charge in [-0.2, -0.15) is 5.10 Å². The number of hydrogen-bond donors (Lipinski definition) is 2. The topological polar surface area (TPSA) is 76.0 Å². The molecule has 4 aliphatic carbocycles. The highest BCUT2D eigenvalue weighted by Gasteiger charge is 2.59. The minimum absolute atomic E-state index is 0.00653. The van der Waals surface area contributed by atoms with Gasteiger partial charge in [0.15, 0.2) is 0 Å². The van der Waals surface area contributed by atoms with Crippen LogP contribution in [0.4, 0.5) is 11.4 Å². The third kappa shape index (κ3) is 3.30. The molecule has 2 unspecified atom stereocenters. The van der Waals surface area contributed by atoms with E-state index in [-0.39, 0.29) is 27.6 Å². The Morgan fingerprint density at radius 2 is 1.80 bits per heavy atom. The van der Waals surface area contributed by atoms with Crippen molar-refractivity contribution < 1.29 is 4.79 Å². The predicted molar refractivity (Wildman–Crippen MR) is 117 cm³/mol. The first kappa shape index (κ1) is 19.9. The lowest BCUT2D eigenvalue weighted by Crippen LogP contribution is -2.67. The number of benzene rings is 1. The second kappa shape index (κ2) is 6.99. The summed E-state index contributed by atoms with van der Waals surface area (Å²) in [7, 11) is 0. The first-order chi connectivity index (χ1) is 14.3. The molecule has 1 amide bonds. The van der Waals surface area contributed by atoms with Crippen molar-refractivity contribution in [1.29, 1.82) is 0 Å². The van der Waals surface area contributed by atoms with Crippen LogP contribution in [-0.4, -0.2) is 21.2 Å². The second-order valence-corrected chi connectivity index (χ2v) is 10.2. The van der Waals surface area contributed by atoms with Crippen molar-refractivity contribution in [2.75, 3.05) is 5.32 Å². The molecule has 4 bridgehead atoms. The van der Waals surface area contributed by atoms with E-state index in [1.165, 1.54) is 6.42 Å². The highest BCUT2D eigenvalue weighted by atomic mass is 35.5. The largest absolute Gasteiger partial charge is 0.353 e. The van der Waals surface area contributed by atoms with Crippen molar-refractivity contribution >= 4 is 40.5 Å². The number of halogens is 2. The molecule has 1 aromatic heterocycles. The summed E-state index contributed by atoms with van der Waals surface area (Å²) in [4.78, 5) is 25.2. The normalized spacial score (nSPS) is 31.6. The average molecular weight is 447 g/mol. The van der Waals surface area contributed by atoms with Gasteiger partial charge in [0.1, 0.15) is 5.02 Å². The number of carbonyl (C=O) groups is 1. The Labute approximate surface area is 184 Å².